The number of benzene rings is 2. The number of hydrogen-bond acceptors (Lipinski definition) is 6. The molecule has 0 aliphatic carbocycles. The van der Waals surface area contributed by atoms with Crippen molar-refractivity contribution in [2.24, 2.45) is 0 Å². The van der Waals surface area contributed by atoms with Gasteiger partial charge in [0.05, 0.1) is 16.6 Å². The van der Waals surface area contributed by atoms with E-state index in [2.05, 4.69) is 20.3 Å². The molecule has 2 heterocycles. The molecule has 2 N–H and O–H groups in total. The minimum absolute atomic E-state index is 0.338. The van der Waals surface area contributed by atoms with Gasteiger partial charge in [-0.3, -0.25) is 10.1 Å². The lowest BCUT2D eigenvalue weighted by Gasteiger charge is -2.12. The van der Waals surface area contributed by atoms with Gasteiger partial charge in [-0.05, 0) is 25.1 Å². The zero-order valence-electron chi connectivity index (χ0n) is 14.9. The highest BCUT2D eigenvalue weighted by Crippen LogP contribution is 2.21. The Morgan fingerprint density at radius 2 is 2.00 bits per heavy atom. The maximum atomic E-state index is 12.4. The molecule has 0 saturated heterocycles. The van der Waals surface area contributed by atoms with Crippen molar-refractivity contribution in [1.82, 2.24) is 15.0 Å². The number of carbonyl (C=O) groups excluding carboxylic acids is 2. The number of aromatic amines is 1. The number of aromatic nitrogens is 3. The summed E-state index contributed by atoms with van der Waals surface area (Å²) in [7, 11) is 0. The van der Waals surface area contributed by atoms with Crippen LogP contribution in [0.15, 0.2) is 60.1 Å². The van der Waals surface area contributed by atoms with Crippen molar-refractivity contribution < 1.29 is 14.3 Å². The zero-order chi connectivity index (χ0) is 19.5. The van der Waals surface area contributed by atoms with E-state index in [0.717, 1.165) is 16.9 Å². The van der Waals surface area contributed by atoms with Gasteiger partial charge in [0.2, 0.25) is 0 Å². The molecule has 4 aromatic rings. The maximum absolute atomic E-state index is 12.4. The minimum Gasteiger partial charge on any atom is -0.449 e. The van der Waals surface area contributed by atoms with Gasteiger partial charge in [0.25, 0.3) is 5.91 Å². The number of nitrogens with zero attached hydrogens (tertiary/aromatic N) is 2. The molecule has 0 aliphatic rings. The molecule has 1 unspecified atom stereocenters. The normalized spacial score (nSPS) is 11.9. The molecule has 1 amide bonds. The van der Waals surface area contributed by atoms with Crippen LogP contribution in [0.2, 0.25) is 0 Å². The van der Waals surface area contributed by atoms with Crippen LogP contribution in [0.25, 0.3) is 22.4 Å². The highest BCUT2D eigenvalue weighted by Gasteiger charge is 2.20. The summed E-state index contributed by atoms with van der Waals surface area (Å²) in [6.45, 7) is 1.52. The second kappa shape index (κ2) is 7.61. The van der Waals surface area contributed by atoms with E-state index in [4.69, 9.17) is 4.74 Å². The molecule has 0 aliphatic heterocycles. The van der Waals surface area contributed by atoms with Gasteiger partial charge in [0.1, 0.15) is 5.82 Å². The summed E-state index contributed by atoms with van der Waals surface area (Å²) in [6.07, 6.45) is 0.633. The molecule has 140 valence electrons. The summed E-state index contributed by atoms with van der Waals surface area (Å²) >= 11 is 1.29. The van der Waals surface area contributed by atoms with Crippen LogP contribution in [0.4, 0.5) is 5.13 Å². The zero-order valence-corrected chi connectivity index (χ0v) is 15.7. The van der Waals surface area contributed by atoms with E-state index in [-0.39, 0.29) is 0 Å². The Balaban J connectivity index is 1.48. The van der Waals surface area contributed by atoms with Crippen molar-refractivity contribution in [1.29, 1.82) is 0 Å². The first kappa shape index (κ1) is 17.9. The molecule has 7 nitrogen and oxygen atoms in total. The van der Waals surface area contributed by atoms with Crippen LogP contribution in [0.1, 0.15) is 17.3 Å². The summed E-state index contributed by atoms with van der Waals surface area (Å²) in [4.78, 5) is 36.3. The number of H-pyrrole nitrogens is 1. The van der Waals surface area contributed by atoms with Gasteiger partial charge >= 0.3 is 5.97 Å². The van der Waals surface area contributed by atoms with Crippen LogP contribution >= 0.6 is 11.3 Å². The second-order valence-electron chi connectivity index (χ2n) is 6.06. The first-order valence-electron chi connectivity index (χ1n) is 8.56. The Labute approximate surface area is 164 Å². The molecule has 8 heteroatoms. The van der Waals surface area contributed by atoms with Crippen molar-refractivity contribution in [2.75, 3.05) is 5.32 Å². The van der Waals surface area contributed by atoms with E-state index in [9.17, 15) is 9.59 Å². The van der Waals surface area contributed by atoms with Crippen molar-refractivity contribution in [3.05, 3.63) is 65.7 Å². The van der Waals surface area contributed by atoms with Crippen molar-refractivity contribution >= 4 is 39.4 Å². The standard InChI is InChI=1S/C20H16N4O3S/c1-12(18(25)24-20-21-9-10-28-20)27-19(26)14-7-8-15-16(11-14)23-17(22-15)13-5-3-2-4-6-13/h2-12H,1H3,(H,22,23)(H,21,24,25). The highest BCUT2D eigenvalue weighted by atomic mass is 32.1. The molecule has 0 bridgehead atoms. The fourth-order valence-corrected chi connectivity index (χ4v) is 3.18. The molecule has 2 aromatic carbocycles. The largest absolute Gasteiger partial charge is 0.449 e. The van der Waals surface area contributed by atoms with E-state index in [1.165, 1.54) is 18.3 Å². The molecule has 28 heavy (non-hydrogen) atoms. The van der Waals surface area contributed by atoms with Gasteiger partial charge in [-0.25, -0.2) is 14.8 Å². The van der Waals surface area contributed by atoms with Gasteiger partial charge in [0, 0.05) is 17.1 Å². The number of hydrogen-bond donors (Lipinski definition) is 2. The van der Waals surface area contributed by atoms with Crippen molar-refractivity contribution in [2.45, 2.75) is 13.0 Å². The van der Waals surface area contributed by atoms with Gasteiger partial charge in [0.15, 0.2) is 11.2 Å². The third-order valence-corrected chi connectivity index (χ3v) is 4.77. The molecule has 1 atom stereocenters. The van der Waals surface area contributed by atoms with E-state index < -0.39 is 18.0 Å². The average molecular weight is 392 g/mol. The topological polar surface area (TPSA) is 97.0 Å². The highest BCUT2D eigenvalue weighted by molar-refractivity contribution is 7.13. The van der Waals surface area contributed by atoms with Gasteiger partial charge in [-0.15, -0.1) is 11.3 Å². The molecule has 0 saturated carbocycles. The average Bonchev–Trinajstić information content (AvgIpc) is 3.37. The Hall–Kier alpha value is -3.52. The second-order valence-corrected chi connectivity index (χ2v) is 6.95. The number of ether oxygens (including phenoxy) is 1. The van der Waals surface area contributed by atoms with Crippen LogP contribution in [-0.2, 0) is 9.53 Å². The number of nitrogens with one attached hydrogen (secondary N) is 2. The molecular weight excluding hydrogens is 376 g/mol. The first-order valence-corrected chi connectivity index (χ1v) is 9.44. The predicted octanol–water partition coefficient (Wildman–Crippen LogP) is 3.87. The van der Waals surface area contributed by atoms with E-state index in [1.807, 2.05) is 30.3 Å². The Morgan fingerprint density at radius 1 is 1.18 bits per heavy atom. The first-order chi connectivity index (χ1) is 13.6. The molecular formula is C20H16N4O3S. The lowest BCUT2D eigenvalue weighted by atomic mass is 10.2. The summed E-state index contributed by atoms with van der Waals surface area (Å²) in [5, 5.41) is 4.81. The molecule has 0 fully saturated rings. The fraction of sp³-hybridized carbons (Fsp3) is 0.100. The number of anilines is 1. The van der Waals surface area contributed by atoms with E-state index in [0.29, 0.717) is 16.2 Å². The number of carbonyl (C=O) groups is 2. The van der Waals surface area contributed by atoms with Crippen LogP contribution in [0.5, 0.6) is 0 Å². The molecule has 0 spiro atoms. The lowest BCUT2D eigenvalue weighted by Crippen LogP contribution is -2.29. The number of rotatable bonds is 5. The van der Waals surface area contributed by atoms with Crippen LogP contribution in [0, 0.1) is 0 Å². The van der Waals surface area contributed by atoms with Gasteiger partial charge in [-0.1, -0.05) is 30.3 Å². The molecule has 4 rings (SSSR count). The third-order valence-electron chi connectivity index (χ3n) is 4.08. The Morgan fingerprint density at radius 3 is 2.75 bits per heavy atom. The predicted molar refractivity (Wildman–Crippen MR) is 107 cm³/mol. The van der Waals surface area contributed by atoms with Crippen LogP contribution in [0.3, 0.4) is 0 Å². The van der Waals surface area contributed by atoms with E-state index >= 15 is 0 Å². The summed E-state index contributed by atoms with van der Waals surface area (Å²) < 4.78 is 5.28. The van der Waals surface area contributed by atoms with Crippen LogP contribution in [-0.4, -0.2) is 32.9 Å². The smallest absolute Gasteiger partial charge is 0.338 e. The third kappa shape index (κ3) is 3.77. The minimum atomic E-state index is -0.950. The van der Waals surface area contributed by atoms with Gasteiger partial charge < -0.3 is 9.72 Å². The molecule has 0 radical (unpaired) electrons. The summed E-state index contributed by atoms with van der Waals surface area (Å²) in [5.74, 6) is -0.297. The number of amides is 1. The SMILES string of the molecule is CC(OC(=O)c1ccc2nc(-c3ccccc3)[nH]c2c1)C(=O)Nc1nccs1. The Kier molecular flexibility index (Phi) is 4.86. The lowest BCUT2D eigenvalue weighted by molar-refractivity contribution is -0.123. The van der Waals surface area contributed by atoms with Crippen molar-refractivity contribution in [3.8, 4) is 11.4 Å². The maximum Gasteiger partial charge on any atom is 0.338 e. The Bertz CT molecular complexity index is 1120. The quantitative estimate of drug-likeness (QED) is 0.503. The summed E-state index contributed by atoms with van der Waals surface area (Å²) in [6, 6.07) is 14.8. The number of esters is 1. The number of thiazole rings is 1. The molecule has 2 aromatic heterocycles. The van der Waals surface area contributed by atoms with Crippen molar-refractivity contribution in [3.63, 3.8) is 0 Å². The number of imidazole rings is 1. The monoisotopic (exact) mass is 392 g/mol. The van der Waals surface area contributed by atoms with Gasteiger partial charge in [-0.2, -0.15) is 0 Å². The fourth-order valence-electron chi connectivity index (χ4n) is 2.64. The van der Waals surface area contributed by atoms with Crippen LogP contribution < -0.4 is 5.32 Å². The summed E-state index contributed by atoms with van der Waals surface area (Å²) in [5.41, 5.74) is 2.75. The number of fused-ring (bicyclic) bond motifs is 1. The van der Waals surface area contributed by atoms with E-state index in [1.54, 1.807) is 29.8 Å².